The van der Waals surface area contributed by atoms with E-state index < -0.39 is 11.9 Å². The second-order valence-corrected chi connectivity index (χ2v) is 3.24. The van der Waals surface area contributed by atoms with Crippen molar-refractivity contribution in [3.63, 3.8) is 0 Å². The van der Waals surface area contributed by atoms with Crippen LogP contribution in [0.5, 0.6) is 0 Å². The standard InChI is InChI=1S/C6H14.C5H4O3/c1-3-5-6-4-2;1-3-2-4(6)8-5(3)7/h3-6H2,1-2H3;2H,1H3. The van der Waals surface area contributed by atoms with Crippen molar-refractivity contribution < 1.29 is 14.3 Å². The van der Waals surface area contributed by atoms with Crippen LogP contribution in [0.4, 0.5) is 0 Å². The summed E-state index contributed by atoms with van der Waals surface area (Å²) in [4.78, 5) is 20.4. The number of ether oxygens (including phenoxy) is 1. The lowest BCUT2D eigenvalue weighted by Crippen LogP contribution is -1.99. The van der Waals surface area contributed by atoms with Crippen molar-refractivity contribution in [2.45, 2.75) is 46.5 Å². The molecule has 1 aliphatic rings. The summed E-state index contributed by atoms with van der Waals surface area (Å²) in [5.41, 5.74) is 0.370. The number of hydrogen-bond acceptors (Lipinski definition) is 3. The van der Waals surface area contributed by atoms with Gasteiger partial charge in [-0.3, -0.25) is 0 Å². The quantitative estimate of drug-likeness (QED) is 0.397. The van der Waals surface area contributed by atoms with Crippen LogP contribution in [0.2, 0.25) is 0 Å². The van der Waals surface area contributed by atoms with Gasteiger partial charge in [0, 0.05) is 11.6 Å². The molecular weight excluding hydrogens is 180 g/mol. The first-order valence-corrected chi connectivity index (χ1v) is 5.06. The van der Waals surface area contributed by atoms with Gasteiger partial charge in [-0.05, 0) is 6.92 Å². The van der Waals surface area contributed by atoms with Crippen LogP contribution in [0.1, 0.15) is 46.5 Å². The van der Waals surface area contributed by atoms with Crippen molar-refractivity contribution in [2.24, 2.45) is 0 Å². The zero-order chi connectivity index (χ0) is 11.0. The molecule has 1 heterocycles. The number of hydrogen-bond donors (Lipinski definition) is 0. The molecule has 3 nitrogen and oxygen atoms in total. The monoisotopic (exact) mass is 198 g/mol. The number of carbonyl (C=O) groups is 2. The second-order valence-electron chi connectivity index (χ2n) is 3.24. The van der Waals surface area contributed by atoms with Gasteiger partial charge in [-0.15, -0.1) is 0 Å². The highest BCUT2D eigenvalue weighted by molar-refractivity contribution is 6.08. The smallest absolute Gasteiger partial charge is 0.341 e. The average Bonchev–Trinajstić information content (AvgIpc) is 2.42. The molecule has 80 valence electrons. The van der Waals surface area contributed by atoms with Crippen LogP contribution < -0.4 is 0 Å². The van der Waals surface area contributed by atoms with E-state index >= 15 is 0 Å². The van der Waals surface area contributed by atoms with Crippen LogP contribution in [-0.4, -0.2) is 11.9 Å². The van der Waals surface area contributed by atoms with E-state index in [0.717, 1.165) is 0 Å². The highest BCUT2D eigenvalue weighted by atomic mass is 16.6. The first-order chi connectivity index (χ1) is 6.61. The van der Waals surface area contributed by atoms with Crippen LogP contribution in [-0.2, 0) is 14.3 Å². The van der Waals surface area contributed by atoms with Crippen LogP contribution in [0, 0.1) is 0 Å². The Kier molecular flexibility index (Phi) is 6.72. The normalized spacial score (nSPS) is 14.4. The maximum atomic E-state index is 10.3. The van der Waals surface area contributed by atoms with Gasteiger partial charge in [0.05, 0.1) is 0 Å². The molecule has 0 bridgehead atoms. The van der Waals surface area contributed by atoms with Crippen LogP contribution in [0.15, 0.2) is 11.6 Å². The molecule has 1 aliphatic heterocycles. The minimum absolute atomic E-state index is 0.370. The lowest BCUT2D eigenvalue weighted by molar-refractivity contribution is -0.150. The molecule has 0 N–H and O–H groups in total. The maximum absolute atomic E-state index is 10.3. The fraction of sp³-hybridized carbons (Fsp3) is 0.636. The summed E-state index contributed by atoms with van der Waals surface area (Å²) in [6, 6.07) is 0. The summed E-state index contributed by atoms with van der Waals surface area (Å²) in [5, 5.41) is 0. The molecule has 1 rings (SSSR count). The van der Waals surface area contributed by atoms with Gasteiger partial charge >= 0.3 is 11.9 Å². The van der Waals surface area contributed by atoms with E-state index in [-0.39, 0.29) is 0 Å². The molecular formula is C11H18O3. The number of carbonyl (C=O) groups excluding carboxylic acids is 2. The van der Waals surface area contributed by atoms with Gasteiger partial charge in [0.15, 0.2) is 0 Å². The summed E-state index contributed by atoms with van der Waals surface area (Å²) >= 11 is 0. The lowest BCUT2D eigenvalue weighted by Gasteiger charge is -1.86. The van der Waals surface area contributed by atoms with Crippen molar-refractivity contribution in [3.8, 4) is 0 Å². The first kappa shape index (κ1) is 12.9. The third-order valence-electron chi connectivity index (χ3n) is 1.81. The predicted octanol–water partition coefficient (Wildman–Crippen LogP) is 2.60. The fourth-order valence-electron chi connectivity index (χ4n) is 0.937. The van der Waals surface area contributed by atoms with Gasteiger partial charge in [-0.2, -0.15) is 0 Å². The minimum Gasteiger partial charge on any atom is -0.386 e. The lowest BCUT2D eigenvalue weighted by atomic mass is 10.2. The van der Waals surface area contributed by atoms with Gasteiger partial charge in [-0.25, -0.2) is 9.59 Å². The Morgan fingerprint density at radius 3 is 1.79 bits per heavy atom. The first-order valence-electron chi connectivity index (χ1n) is 5.06. The molecule has 0 aromatic carbocycles. The van der Waals surface area contributed by atoms with Gasteiger partial charge in [0.25, 0.3) is 0 Å². The topological polar surface area (TPSA) is 43.4 Å². The molecule has 0 saturated heterocycles. The SMILES string of the molecule is CC1=CC(=O)OC1=O.CCCCCC. The highest BCUT2D eigenvalue weighted by Gasteiger charge is 2.18. The molecule has 3 heteroatoms. The van der Waals surface area contributed by atoms with Crippen molar-refractivity contribution in [1.29, 1.82) is 0 Å². The molecule has 0 atom stereocenters. The minimum atomic E-state index is -0.562. The van der Waals surface area contributed by atoms with E-state index in [1.54, 1.807) is 0 Å². The van der Waals surface area contributed by atoms with E-state index in [1.807, 2.05) is 0 Å². The van der Waals surface area contributed by atoms with E-state index in [2.05, 4.69) is 18.6 Å². The van der Waals surface area contributed by atoms with Crippen molar-refractivity contribution in [3.05, 3.63) is 11.6 Å². The van der Waals surface area contributed by atoms with Crippen LogP contribution in [0.25, 0.3) is 0 Å². The molecule has 0 fully saturated rings. The molecule has 0 amide bonds. The third kappa shape index (κ3) is 5.51. The van der Waals surface area contributed by atoms with E-state index in [9.17, 15) is 9.59 Å². The van der Waals surface area contributed by atoms with Crippen molar-refractivity contribution in [2.75, 3.05) is 0 Å². The molecule has 14 heavy (non-hydrogen) atoms. The molecule has 0 aromatic heterocycles. The van der Waals surface area contributed by atoms with Crippen molar-refractivity contribution >= 4 is 11.9 Å². The third-order valence-corrected chi connectivity index (χ3v) is 1.81. The zero-order valence-electron chi connectivity index (χ0n) is 9.13. The number of unbranched alkanes of at least 4 members (excludes halogenated alkanes) is 3. The summed E-state index contributed by atoms with van der Waals surface area (Å²) in [6.45, 7) is 6.00. The number of rotatable bonds is 3. The van der Waals surface area contributed by atoms with E-state index in [1.165, 1.54) is 38.7 Å². The molecule has 0 saturated carbocycles. The predicted molar refractivity (Wildman–Crippen MR) is 54.7 cm³/mol. The van der Waals surface area contributed by atoms with Crippen LogP contribution >= 0.6 is 0 Å². The zero-order valence-corrected chi connectivity index (χ0v) is 9.13. The summed E-state index contributed by atoms with van der Waals surface area (Å²) in [5.74, 6) is -1.09. The van der Waals surface area contributed by atoms with Crippen molar-refractivity contribution in [1.82, 2.24) is 0 Å². The molecule has 0 unspecified atom stereocenters. The Hall–Kier alpha value is -1.12. The average molecular weight is 198 g/mol. The number of esters is 2. The Bertz CT molecular complexity index is 225. The maximum Gasteiger partial charge on any atom is 0.341 e. The largest absolute Gasteiger partial charge is 0.386 e. The molecule has 0 spiro atoms. The van der Waals surface area contributed by atoms with Crippen LogP contribution in [0.3, 0.4) is 0 Å². The number of cyclic esters (lactones) is 2. The summed E-state index contributed by atoms with van der Waals surface area (Å²) < 4.78 is 4.10. The van der Waals surface area contributed by atoms with Gasteiger partial charge in [-0.1, -0.05) is 39.5 Å². The van der Waals surface area contributed by atoms with E-state index in [4.69, 9.17) is 0 Å². The molecule has 0 radical (unpaired) electrons. The van der Waals surface area contributed by atoms with E-state index in [0.29, 0.717) is 5.57 Å². The van der Waals surface area contributed by atoms with Gasteiger partial charge in [0.1, 0.15) is 0 Å². The Balaban J connectivity index is 0.000000255. The Morgan fingerprint density at radius 2 is 1.64 bits per heavy atom. The summed E-state index contributed by atoms with van der Waals surface area (Å²) in [7, 11) is 0. The molecule has 0 aromatic rings. The van der Waals surface area contributed by atoms with Gasteiger partial charge in [0.2, 0.25) is 0 Å². The molecule has 0 aliphatic carbocycles. The Labute approximate surface area is 85.1 Å². The van der Waals surface area contributed by atoms with Gasteiger partial charge < -0.3 is 4.74 Å². The Morgan fingerprint density at radius 1 is 1.14 bits per heavy atom. The highest BCUT2D eigenvalue weighted by Crippen LogP contribution is 2.04. The second kappa shape index (κ2) is 7.30. The summed E-state index contributed by atoms with van der Waals surface area (Å²) in [6.07, 6.45) is 6.71. The fourth-order valence-corrected chi connectivity index (χ4v) is 0.937.